The molecule has 0 amide bonds. The summed E-state index contributed by atoms with van der Waals surface area (Å²) in [6, 6.07) is 1.11. The Morgan fingerprint density at radius 2 is 2.03 bits per heavy atom. The van der Waals surface area contributed by atoms with Gasteiger partial charge in [-0.2, -0.15) is 0 Å². The van der Waals surface area contributed by atoms with Crippen LogP contribution in [0, 0.1) is 0 Å². The summed E-state index contributed by atoms with van der Waals surface area (Å²) in [6.07, 6.45) is -2.89. The molecule has 5 heterocycles. The van der Waals surface area contributed by atoms with Crippen molar-refractivity contribution in [1.29, 1.82) is 0 Å². The number of fused-ring (bicyclic) bond motifs is 1. The molecule has 2 fully saturated rings. The zero-order valence-electron chi connectivity index (χ0n) is 20.3. The van der Waals surface area contributed by atoms with E-state index in [4.69, 9.17) is 29.0 Å². The van der Waals surface area contributed by atoms with Crippen LogP contribution in [0.3, 0.4) is 0 Å². The largest absolute Gasteiger partial charge is 0.394 e. The molecule has 3 unspecified atom stereocenters. The summed E-state index contributed by atoms with van der Waals surface area (Å²) in [6.45, 7) is -5.09. The second-order valence-electron chi connectivity index (χ2n) is 8.81. The van der Waals surface area contributed by atoms with E-state index in [-0.39, 0.29) is 18.8 Å². The van der Waals surface area contributed by atoms with Crippen molar-refractivity contribution >= 4 is 36.0 Å². The molecule has 0 bridgehead atoms. The molecule has 3 aromatic rings. The number of rotatable bonds is 9. The van der Waals surface area contributed by atoms with Crippen LogP contribution in [0.25, 0.3) is 11.2 Å². The minimum atomic E-state index is -4.15. The maximum Gasteiger partial charge on any atom is 0.386 e. The maximum absolute atomic E-state index is 13.2. The van der Waals surface area contributed by atoms with E-state index in [1.807, 2.05) is 0 Å². The van der Waals surface area contributed by atoms with Crippen LogP contribution < -0.4 is 17.0 Å². The van der Waals surface area contributed by atoms with Gasteiger partial charge in [-0.05, 0) is 0 Å². The third-order valence-electron chi connectivity index (χ3n) is 6.42. The van der Waals surface area contributed by atoms with E-state index in [9.17, 15) is 24.4 Å². The predicted octanol–water partition coefficient (Wildman–Crippen LogP) is -1.05. The van der Waals surface area contributed by atoms with Crippen molar-refractivity contribution in [2.45, 2.75) is 49.4 Å². The first kappa shape index (κ1) is 27.9. The third kappa shape index (κ3) is 5.52. The zero-order valence-corrected chi connectivity index (χ0v) is 22.1. The van der Waals surface area contributed by atoms with Crippen LogP contribution in [0.4, 0.5) is 5.82 Å². The first-order valence-corrected chi connectivity index (χ1v) is 14.3. The minimum Gasteiger partial charge on any atom is -0.394 e. The van der Waals surface area contributed by atoms with E-state index in [1.54, 1.807) is 4.57 Å². The van der Waals surface area contributed by atoms with E-state index < -0.39 is 67.6 Å². The molecule has 19 heteroatoms. The topological polar surface area (TPSA) is 228 Å². The molecule has 5 rings (SSSR count). The molecule has 0 aliphatic carbocycles. The fraction of sp³-hybridized carbons (Fsp3) is 0.550. The second-order valence-corrected chi connectivity index (χ2v) is 11.7. The standard InChI is InChI=1S/C20H26N7O10PS/c1-33-16-15(10(5-28)36-19(16)26-3-2-12(30)25-20(26)31)37-38(32,39)34-6-11-9(29)4-13(35-11)27-8-24-14-17(21)22-7-23-18(14)27/h2-3,7-11,13,15-16,19,28-29H,4-6H2,1H3,(H,32,39)(H2,21,22,23)(H,25,30,31)/t9?,10-,11-,13-,15?,16-,19-,38?/m1/s1. The van der Waals surface area contributed by atoms with Crippen molar-refractivity contribution in [2.75, 3.05) is 26.1 Å². The van der Waals surface area contributed by atoms with Crippen LogP contribution in [-0.2, 0) is 27.8 Å². The average molecular weight is 588 g/mol. The smallest absolute Gasteiger partial charge is 0.386 e. The van der Waals surface area contributed by atoms with Crippen molar-refractivity contribution in [3.63, 3.8) is 0 Å². The molecule has 2 aliphatic rings. The SMILES string of the molecule is CO[C@@H]1C(OP(=O)(S)OC[C@H]2O[C@@H](n3cnc4c(N)ncnc43)CC2O)[C@@H](CO)O[C@H]1n1ccc(=O)[nH]c1=O. The van der Waals surface area contributed by atoms with Crippen LogP contribution in [0.15, 0.2) is 34.5 Å². The minimum absolute atomic E-state index is 0.158. The lowest BCUT2D eigenvalue weighted by Crippen LogP contribution is -2.39. The van der Waals surface area contributed by atoms with Crippen LogP contribution in [0.2, 0.25) is 0 Å². The highest BCUT2D eigenvalue weighted by Gasteiger charge is 2.50. The Morgan fingerprint density at radius 1 is 1.23 bits per heavy atom. The number of aromatic amines is 1. The van der Waals surface area contributed by atoms with Gasteiger partial charge in [-0.3, -0.25) is 28.0 Å². The average Bonchev–Trinajstić information content (AvgIpc) is 3.58. The van der Waals surface area contributed by atoms with Crippen molar-refractivity contribution in [1.82, 2.24) is 29.1 Å². The number of anilines is 1. The van der Waals surface area contributed by atoms with Crippen molar-refractivity contribution < 1.29 is 38.0 Å². The summed E-state index contributed by atoms with van der Waals surface area (Å²) >= 11 is 4.03. The highest BCUT2D eigenvalue weighted by atomic mass is 32.7. The number of hydrogen-bond donors (Lipinski definition) is 5. The lowest BCUT2D eigenvalue weighted by molar-refractivity contribution is -0.0625. The number of hydrogen-bond acceptors (Lipinski definition) is 14. The zero-order chi connectivity index (χ0) is 27.9. The van der Waals surface area contributed by atoms with E-state index in [2.05, 4.69) is 32.2 Å². The molecule has 3 aromatic heterocycles. The molecule has 17 nitrogen and oxygen atoms in total. The van der Waals surface area contributed by atoms with Gasteiger partial charge in [-0.15, -0.1) is 0 Å². The molecule has 212 valence electrons. The summed E-state index contributed by atoms with van der Waals surface area (Å²) < 4.78 is 43.9. The molecule has 39 heavy (non-hydrogen) atoms. The highest BCUT2D eigenvalue weighted by molar-refractivity contribution is 8.44. The van der Waals surface area contributed by atoms with Gasteiger partial charge in [0, 0.05) is 25.8 Å². The molecular formula is C20H26N7O10PS. The highest BCUT2D eigenvalue weighted by Crippen LogP contribution is 2.56. The van der Waals surface area contributed by atoms with Gasteiger partial charge < -0.3 is 30.2 Å². The molecule has 0 radical (unpaired) electrons. The van der Waals surface area contributed by atoms with Crippen LogP contribution in [-0.4, -0.2) is 90.1 Å². The Morgan fingerprint density at radius 3 is 2.74 bits per heavy atom. The van der Waals surface area contributed by atoms with Crippen LogP contribution >= 0.6 is 19.0 Å². The normalized spacial score (nSPS) is 30.6. The number of aliphatic hydroxyl groups excluding tert-OH is 2. The number of nitrogens with zero attached hydrogens (tertiary/aromatic N) is 5. The second kappa shape index (κ2) is 11.1. The van der Waals surface area contributed by atoms with Crippen molar-refractivity contribution in [2.24, 2.45) is 0 Å². The van der Waals surface area contributed by atoms with Crippen molar-refractivity contribution in [3.05, 3.63) is 45.8 Å². The number of aromatic nitrogens is 6. The van der Waals surface area contributed by atoms with E-state index in [0.717, 1.165) is 10.6 Å². The summed E-state index contributed by atoms with van der Waals surface area (Å²) in [5.41, 5.74) is 5.24. The summed E-state index contributed by atoms with van der Waals surface area (Å²) in [7, 11) is 1.30. The Balaban J connectivity index is 1.26. The van der Waals surface area contributed by atoms with E-state index >= 15 is 0 Å². The predicted molar refractivity (Wildman–Crippen MR) is 135 cm³/mol. The Hall–Kier alpha value is -2.67. The van der Waals surface area contributed by atoms with E-state index in [1.165, 1.54) is 26.0 Å². The Labute approximate surface area is 224 Å². The first-order valence-electron chi connectivity index (χ1n) is 11.6. The molecule has 2 aliphatic heterocycles. The summed E-state index contributed by atoms with van der Waals surface area (Å²) in [5, 5.41) is 20.4. The van der Waals surface area contributed by atoms with Gasteiger partial charge in [0.15, 0.2) is 17.7 Å². The van der Waals surface area contributed by atoms with Gasteiger partial charge in [-0.1, -0.05) is 12.2 Å². The fourth-order valence-corrected chi connectivity index (χ4v) is 6.04. The number of thiol groups is 1. The lowest BCUT2D eigenvalue weighted by atomic mass is 10.1. The number of nitrogen functional groups attached to an aromatic ring is 1. The number of ether oxygens (including phenoxy) is 3. The number of nitrogens with two attached hydrogens (primary N) is 1. The number of methoxy groups -OCH3 is 1. The Kier molecular flexibility index (Phi) is 7.91. The molecular weight excluding hydrogens is 561 g/mol. The number of aliphatic hydroxyl groups is 2. The molecule has 2 saturated heterocycles. The van der Waals surface area contributed by atoms with Gasteiger partial charge in [-0.25, -0.2) is 24.3 Å². The molecule has 0 saturated carbocycles. The van der Waals surface area contributed by atoms with Gasteiger partial charge >= 0.3 is 12.5 Å². The quantitative estimate of drug-likeness (QED) is 0.149. The molecule has 5 N–H and O–H groups in total. The summed E-state index contributed by atoms with van der Waals surface area (Å²) in [4.78, 5) is 38.0. The molecule has 0 spiro atoms. The van der Waals surface area contributed by atoms with Crippen LogP contribution in [0.1, 0.15) is 18.9 Å². The monoisotopic (exact) mass is 587 g/mol. The third-order valence-corrected chi connectivity index (χ3v) is 8.04. The van der Waals surface area contributed by atoms with Crippen molar-refractivity contribution in [3.8, 4) is 0 Å². The molecule has 0 aromatic carbocycles. The first-order chi connectivity index (χ1) is 18.6. The number of nitrogens with one attached hydrogen (secondary N) is 1. The van der Waals surface area contributed by atoms with Gasteiger partial charge in [0.05, 0.1) is 25.6 Å². The Bertz CT molecular complexity index is 1500. The van der Waals surface area contributed by atoms with Gasteiger partial charge in [0.2, 0.25) is 0 Å². The molecule has 8 atom stereocenters. The maximum atomic E-state index is 13.2. The fourth-order valence-electron chi connectivity index (χ4n) is 4.55. The van der Waals surface area contributed by atoms with Gasteiger partial charge in [0.25, 0.3) is 5.56 Å². The van der Waals surface area contributed by atoms with Gasteiger partial charge in [0.1, 0.15) is 42.5 Å². The number of imidazole rings is 1. The van der Waals surface area contributed by atoms with E-state index in [0.29, 0.717) is 11.2 Å². The number of H-pyrrole nitrogens is 1. The lowest BCUT2D eigenvalue weighted by Gasteiger charge is -2.26. The van der Waals surface area contributed by atoms with Crippen LogP contribution in [0.5, 0.6) is 0 Å². The summed E-state index contributed by atoms with van der Waals surface area (Å²) in [5.74, 6) is 0.199.